The first-order chi connectivity index (χ1) is 11.6. The molecule has 7 nitrogen and oxygen atoms in total. The first-order valence-corrected chi connectivity index (χ1v) is 7.79. The maximum Gasteiger partial charge on any atom is 0.272 e. The largest absolute Gasteiger partial charge is 0.482 e. The van der Waals surface area contributed by atoms with Gasteiger partial charge in [0.1, 0.15) is 5.75 Å². The molecule has 1 aromatic heterocycles. The summed E-state index contributed by atoms with van der Waals surface area (Å²) in [6.07, 6.45) is -0.808. The second kappa shape index (κ2) is 6.88. The third-order valence-corrected chi connectivity index (χ3v) is 4.08. The van der Waals surface area contributed by atoms with Crippen molar-refractivity contribution in [2.45, 2.75) is 40.7 Å². The molecule has 2 aromatic rings. The van der Waals surface area contributed by atoms with Crippen molar-refractivity contribution in [3.63, 3.8) is 0 Å². The summed E-state index contributed by atoms with van der Waals surface area (Å²) in [5, 5.41) is 10.9. The Kier molecular flexibility index (Phi) is 5.06. The lowest BCUT2D eigenvalue weighted by molar-refractivity contribution is -0.385. The van der Waals surface area contributed by atoms with E-state index in [1.165, 1.54) is 25.1 Å². The fourth-order valence-corrected chi connectivity index (χ4v) is 2.89. The van der Waals surface area contributed by atoms with Crippen LogP contribution in [0.4, 0.5) is 5.69 Å². The highest BCUT2D eigenvalue weighted by Gasteiger charge is 2.25. The maximum atomic E-state index is 12.6. The van der Waals surface area contributed by atoms with Gasteiger partial charge in [0.05, 0.1) is 10.6 Å². The topological polar surface area (TPSA) is 102 Å². The predicted molar refractivity (Wildman–Crippen MR) is 92.5 cm³/mol. The highest BCUT2D eigenvalue weighted by atomic mass is 16.6. The second-order valence-corrected chi connectivity index (χ2v) is 6.01. The SMILES string of the molecule is CC(=O)c1c(C)[nH]c(C(=O)[C@@H](C)Oc2ccc([N+](=O)[O-])c(C)c2)c1C. The van der Waals surface area contributed by atoms with Crippen molar-refractivity contribution in [1.82, 2.24) is 4.98 Å². The van der Waals surface area contributed by atoms with E-state index >= 15 is 0 Å². The minimum Gasteiger partial charge on any atom is -0.482 e. The zero-order chi connectivity index (χ0) is 18.9. The van der Waals surface area contributed by atoms with E-state index in [-0.39, 0.29) is 17.3 Å². The number of rotatable bonds is 6. The van der Waals surface area contributed by atoms with Crippen LogP contribution in [0.25, 0.3) is 0 Å². The molecule has 0 saturated carbocycles. The van der Waals surface area contributed by atoms with E-state index in [1.54, 1.807) is 27.7 Å². The number of aromatic nitrogens is 1. The molecule has 0 saturated heterocycles. The number of aromatic amines is 1. The average molecular weight is 344 g/mol. The van der Waals surface area contributed by atoms with E-state index in [9.17, 15) is 19.7 Å². The molecule has 1 atom stereocenters. The van der Waals surface area contributed by atoms with Crippen molar-refractivity contribution < 1.29 is 19.2 Å². The Morgan fingerprint density at radius 2 is 1.88 bits per heavy atom. The molecule has 0 unspecified atom stereocenters. The van der Waals surface area contributed by atoms with Gasteiger partial charge in [-0.1, -0.05) is 0 Å². The normalized spacial score (nSPS) is 11.9. The van der Waals surface area contributed by atoms with Gasteiger partial charge in [0.15, 0.2) is 11.9 Å². The van der Waals surface area contributed by atoms with E-state index in [2.05, 4.69) is 4.98 Å². The highest BCUT2D eigenvalue weighted by Crippen LogP contribution is 2.25. The molecular formula is C18H20N2O5. The quantitative estimate of drug-likeness (QED) is 0.489. The van der Waals surface area contributed by atoms with Crippen LogP contribution in [0, 0.1) is 30.9 Å². The summed E-state index contributed by atoms with van der Waals surface area (Å²) in [5.41, 5.74) is 2.55. The average Bonchev–Trinajstić information content (AvgIpc) is 2.80. The summed E-state index contributed by atoms with van der Waals surface area (Å²) in [6.45, 7) is 8.12. The number of ketones is 2. The van der Waals surface area contributed by atoms with Crippen LogP contribution in [0.3, 0.4) is 0 Å². The first-order valence-electron chi connectivity index (χ1n) is 7.79. The highest BCUT2D eigenvalue weighted by molar-refractivity contribution is 6.04. The zero-order valence-electron chi connectivity index (χ0n) is 14.8. The third kappa shape index (κ3) is 3.60. The summed E-state index contributed by atoms with van der Waals surface area (Å²) >= 11 is 0. The van der Waals surface area contributed by atoms with Crippen molar-refractivity contribution >= 4 is 17.3 Å². The van der Waals surface area contributed by atoms with Crippen molar-refractivity contribution in [3.8, 4) is 5.75 Å². The number of carbonyl (C=O) groups is 2. The lowest BCUT2D eigenvalue weighted by Crippen LogP contribution is -2.25. The van der Waals surface area contributed by atoms with Crippen LogP contribution >= 0.6 is 0 Å². The summed E-state index contributed by atoms with van der Waals surface area (Å²) in [4.78, 5) is 37.7. The number of hydrogen-bond acceptors (Lipinski definition) is 5. The Morgan fingerprint density at radius 3 is 2.36 bits per heavy atom. The van der Waals surface area contributed by atoms with E-state index in [4.69, 9.17) is 4.74 Å². The number of nitro benzene ring substituents is 1. The van der Waals surface area contributed by atoms with Crippen LogP contribution in [0.15, 0.2) is 18.2 Å². The van der Waals surface area contributed by atoms with Gasteiger partial charge < -0.3 is 9.72 Å². The molecule has 2 rings (SSSR count). The molecule has 0 radical (unpaired) electrons. The molecule has 0 spiro atoms. The number of nitrogens with one attached hydrogen (secondary N) is 1. The summed E-state index contributed by atoms with van der Waals surface area (Å²) < 4.78 is 5.63. The molecule has 0 aliphatic rings. The molecule has 0 aliphatic heterocycles. The standard InChI is InChI=1S/C18H20N2O5/c1-9-8-14(6-7-15(9)20(23)24)25-13(5)18(22)17-10(2)16(12(4)21)11(3)19-17/h6-8,13,19H,1-5H3/t13-/m1/s1. The smallest absolute Gasteiger partial charge is 0.272 e. The lowest BCUT2D eigenvalue weighted by atomic mass is 10.0. The lowest BCUT2D eigenvalue weighted by Gasteiger charge is -2.14. The number of hydrogen-bond donors (Lipinski definition) is 1. The number of Topliss-reactive ketones (excluding diaryl/α,β-unsaturated/α-hetero) is 2. The number of aryl methyl sites for hydroxylation is 2. The van der Waals surface area contributed by atoms with Gasteiger partial charge in [-0.2, -0.15) is 0 Å². The van der Waals surface area contributed by atoms with Crippen LogP contribution in [-0.2, 0) is 0 Å². The zero-order valence-corrected chi connectivity index (χ0v) is 14.8. The van der Waals surface area contributed by atoms with E-state index < -0.39 is 11.0 Å². The van der Waals surface area contributed by atoms with Gasteiger partial charge in [-0.05, 0) is 52.3 Å². The molecule has 0 bridgehead atoms. The summed E-state index contributed by atoms with van der Waals surface area (Å²) in [7, 11) is 0. The molecule has 0 fully saturated rings. The summed E-state index contributed by atoms with van der Waals surface area (Å²) in [5.74, 6) is -0.0226. The third-order valence-electron chi connectivity index (χ3n) is 4.08. The van der Waals surface area contributed by atoms with Crippen LogP contribution in [0.5, 0.6) is 5.75 Å². The minimum atomic E-state index is -0.808. The Balaban J connectivity index is 2.24. The Hall–Kier alpha value is -2.96. The van der Waals surface area contributed by atoms with Crippen molar-refractivity contribution in [1.29, 1.82) is 0 Å². The Morgan fingerprint density at radius 1 is 1.24 bits per heavy atom. The van der Waals surface area contributed by atoms with E-state index in [0.29, 0.717) is 33.8 Å². The predicted octanol–water partition coefficient (Wildman–Crippen LogP) is 3.70. The molecule has 0 amide bonds. The molecule has 1 heterocycles. The van der Waals surface area contributed by atoms with Crippen molar-refractivity contribution in [2.24, 2.45) is 0 Å². The molecule has 1 N–H and O–H groups in total. The maximum absolute atomic E-state index is 12.6. The van der Waals surface area contributed by atoms with Gasteiger partial charge >= 0.3 is 0 Å². The second-order valence-electron chi connectivity index (χ2n) is 6.01. The first kappa shape index (κ1) is 18.4. The van der Waals surface area contributed by atoms with Crippen molar-refractivity contribution in [3.05, 3.63) is 56.4 Å². The van der Waals surface area contributed by atoms with Gasteiger partial charge in [-0.25, -0.2) is 0 Å². The van der Waals surface area contributed by atoms with E-state index in [0.717, 1.165) is 0 Å². The van der Waals surface area contributed by atoms with Gasteiger partial charge in [0, 0.05) is 22.9 Å². The fourth-order valence-electron chi connectivity index (χ4n) is 2.89. The minimum absolute atomic E-state index is 0.00623. The number of nitrogens with zero attached hydrogens (tertiary/aromatic N) is 1. The number of ether oxygens (including phenoxy) is 1. The van der Waals surface area contributed by atoms with Crippen LogP contribution in [-0.4, -0.2) is 27.6 Å². The Labute approximate surface area is 145 Å². The molecule has 25 heavy (non-hydrogen) atoms. The van der Waals surface area contributed by atoms with Gasteiger partial charge in [-0.3, -0.25) is 19.7 Å². The molecule has 0 aliphatic carbocycles. The number of nitro groups is 1. The van der Waals surface area contributed by atoms with Crippen molar-refractivity contribution in [2.75, 3.05) is 0 Å². The molecule has 132 valence electrons. The molecular weight excluding hydrogens is 324 g/mol. The van der Waals surface area contributed by atoms with Gasteiger partial charge in [-0.15, -0.1) is 0 Å². The van der Waals surface area contributed by atoms with Crippen LogP contribution in [0.2, 0.25) is 0 Å². The monoisotopic (exact) mass is 344 g/mol. The number of carbonyl (C=O) groups excluding carboxylic acids is 2. The number of H-pyrrole nitrogens is 1. The van der Waals surface area contributed by atoms with Crippen LogP contribution < -0.4 is 4.74 Å². The Bertz CT molecular complexity index is 867. The summed E-state index contributed by atoms with van der Waals surface area (Å²) in [6, 6.07) is 4.33. The molecule has 7 heteroatoms. The number of benzene rings is 1. The van der Waals surface area contributed by atoms with Crippen LogP contribution in [0.1, 0.15) is 51.5 Å². The van der Waals surface area contributed by atoms with Gasteiger partial charge in [0.25, 0.3) is 5.69 Å². The molecule has 1 aromatic carbocycles. The van der Waals surface area contributed by atoms with E-state index in [1.807, 2.05) is 0 Å². The fraction of sp³-hybridized carbons (Fsp3) is 0.333. The van der Waals surface area contributed by atoms with Gasteiger partial charge in [0.2, 0.25) is 5.78 Å².